The largest absolute Gasteiger partial charge is 0.478 e. The van der Waals surface area contributed by atoms with Crippen LogP contribution in [0, 0.1) is 0 Å². The molecule has 2 aromatic carbocycles. The van der Waals surface area contributed by atoms with Crippen LogP contribution in [0.2, 0.25) is 5.02 Å². The number of carbonyl (C=O) groups is 3. The Morgan fingerprint density at radius 1 is 0.973 bits per heavy atom. The molecule has 0 aromatic heterocycles. The first-order valence-corrected chi connectivity index (χ1v) is 12.4. The van der Waals surface area contributed by atoms with Crippen LogP contribution >= 0.6 is 11.6 Å². The molecular weight excluding hydrogens is 498 g/mol. The Kier molecular flexibility index (Phi) is 15.3. The molecule has 9 nitrogen and oxygen atoms in total. The van der Waals surface area contributed by atoms with Crippen molar-refractivity contribution in [3.05, 3.63) is 71.8 Å². The lowest BCUT2D eigenvalue weighted by molar-refractivity contribution is -0.134. The van der Waals surface area contributed by atoms with Gasteiger partial charge in [-0.2, -0.15) is 0 Å². The average Bonchev–Trinajstić information content (AvgIpc) is 2.87. The van der Waals surface area contributed by atoms with Crippen molar-refractivity contribution in [2.75, 3.05) is 43.1 Å². The SMILES string of the molecule is CCCOCC(CN(C(=O)Nc1cccc(Cl)c1)c1ccccc1)N(CC)CC.O=C(O)/C=C/C(=O)O. The molecular formula is C27H36ClN3O6. The minimum Gasteiger partial charge on any atom is -0.478 e. The number of nitrogens with zero attached hydrogens (tertiary/aromatic N) is 2. The highest BCUT2D eigenvalue weighted by Crippen LogP contribution is 2.20. The van der Waals surface area contributed by atoms with E-state index >= 15 is 0 Å². The number of likely N-dealkylation sites (N-methyl/N-ethyl adjacent to an activating group) is 1. The zero-order valence-electron chi connectivity index (χ0n) is 21.5. The van der Waals surface area contributed by atoms with Crippen LogP contribution in [-0.2, 0) is 14.3 Å². The number of urea groups is 1. The van der Waals surface area contributed by atoms with E-state index in [2.05, 4.69) is 31.0 Å². The number of hydrogen-bond acceptors (Lipinski definition) is 5. The third-order valence-corrected chi connectivity index (χ3v) is 5.37. The van der Waals surface area contributed by atoms with Crippen molar-refractivity contribution in [3.8, 4) is 0 Å². The van der Waals surface area contributed by atoms with Gasteiger partial charge in [-0.15, -0.1) is 0 Å². The molecule has 0 fully saturated rings. The Balaban J connectivity index is 0.000000738. The summed E-state index contributed by atoms with van der Waals surface area (Å²) in [5.74, 6) is -2.51. The molecule has 2 rings (SSSR count). The van der Waals surface area contributed by atoms with Crippen molar-refractivity contribution in [2.24, 2.45) is 0 Å². The number of carboxylic acids is 2. The molecule has 0 aliphatic rings. The summed E-state index contributed by atoms with van der Waals surface area (Å²) in [4.78, 5) is 36.4. The maximum atomic E-state index is 13.2. The van der Waals surface area contributed by atoms with E-state index < -0.39 is 11.9 Å². The second kappa shape index (κ2) is 17.9. The zero-order valence-corrected chi connectivity index (χ0v) is 22.2. The van der Waals surface area contributed by atoms with Gasteiger partial charge < -0.3 is 20.3 Å². The van der Waals surface area contributed by atoms with Gasteiger partial charge in [0.25, 0.3) is 0 Å². The quantitative estimate of drug-likeness (QED) is 0.238. The Morgan fingerprint density at radius 3 is 2.11 bits per heavy atom. The predicted octanol–water partition coefficient (Wildman–Crippen LogP) is 5.23. The molecule has 0 saturated heterocycles. The average molecular weight is 534 g/mol. The maximum absolute atomic E-state index is 13.2. The Labute approximate surface area is 223 Å². The predicted molar refractivity (Wildman–Crippen MR) is 146 cm³/mol. The number of amides is 2. The molecule has 202 valence electrons. The lowest BCUT2D eigenvalue weighted by atomic mass is 10.2. The number of ether oxygens (including phenoxy) is 1. The van der Waals surface area contributed by atoms with Crippen molar-refractivity contribution >= 4 is 40.9 Å². The fraction of sp³-hybridized carbons (Fsp3) is 0.370. The normalized spacial score (nSPS) is 11.5. The van der Waals surface area contributed by atoms with Crippen LogP contribution < -0.4 is 10.2 Å². The van der Waals surface area contributed by atoms with Crippen molar-refractivity contribution in [1.82, 2.24) is 4.90 Å². The molecule has 37 heavy (non-hydrogen) atoms. The summed E-state index contributed by atoms with van der Waals surface area (Å²) >= 11 is 6.07. The molecule has 2 amide bonds. The second-order valence-corrected chi connectivity index (χ2v) is 8.28. The monoisotopic (exact) mass is 533 g/mol. The molecule has 10 heteroatoms. The molecule has 0 saturated carbocycles. The van der Waals surface area contributed by atoms with Gasteiger partial charge >= 0.3 is 18.0 Å². The molecule has 0 spiro atoms. The molecule has 0 aliphatic carbocycles. The Bertz CT molecular complexity index is 983. The number of carbonyl (C=O) groups excluding carboxylic acids is 1. The number of benzene rings is 2. The van der Waals surface area contributed by atoms with Crippen LogP contribution in [-0.4, -0.2) is 72.0 Å². The first kappa shape index (κ1) is 31.6. The summed E-state index contributed by atoms with van der Waals surface area (Å²) < 4.78 is 5.86. The fourth-order valence-corrected chi connectivity index (χ4v) is 3.59. The lowest BCUT2D eigenvalue weighted by Crippen LogP contribution is -2.49. The van der Waals surface area contributed by atoms with E-state index in [0.717, 1.165) is 31.8 Å². The first-order chi connectivity index (χ1) is 17.7. The Morgan fingerprint density at radius 2 is 1.59 bits per heavy atom. The summed E-state index contributed by atoms with van der Waals surface area (Å²) in [5, 5.41) is 19.2. The number of para-hydroxylation sites is 1. The first-order valence-electron chi connectivity index (χ1n) is 12.1. The molecule has 1 unspecified atom stereocenters. The van der Waals surface area contributed by atoms with Gasteiger partial charge in [0.1, 0.15) is 0 Å². The smallest absolute Gasteiger partial charge is 0.328 e. The van der Waals surface area contributed by atoms with E-state index in [4.69, 9.17) is 26.6 Å². The van der Waals surface area contributed by atoms with Crippen molar-refractivity contribution in [1.29, 1.82) is 0 Å². The lowest BCUT2D eigenvalue weighted by Gasteiger charge is -2.34. The molecule has 0 bridgehead atoms. The van der Waals surface area contributed by atoms with Gasteiger partial charge in [-0.05, 0) is 49.8 Å². The van der Waals surface area contributed by atoms with Gasteiger partial charge in [-0.1, -0.05) is 56.6 Å². The minimum absolute atomic E-state index is 0.0990. The van der Waals surface area contributed by atoms with Gasteiger partial charge in [-0.3, -0.25) is 9.80 Å². The summed E-state index contributed by atoms with van der Waals surface area (Å²) in [7, 11) is 0. The molecule has 0 aliphatic heterocycles. The topological polar surface area (TPSA) is 119 Å². The van der Waals surface area contributed by atoms with Crippen LogP contribution in [0.1, 0.15) is 27.2 Å². The Hall–Kier alpha value is -3.40. The third-order valence-electron chi connectivity index (χ3n) is 5.14. The van der Waals surface area contributed by atoms with E-state index in [9.17, 15) is 14.4 Å². The fourth-order valence-electron chi connectivity index (χ4n) is 3.40. The number of nitrogens with one attached hydrogen (secondary N) is 1. The number of carboxylic acid groups (broad SMARTS) is 2. The number of rotatable bonds is 13. The van der Waals surface area contributed by atoms with E-state index in [-0.39, 0.29) is 12.1 Å². The van der Waals surface area contributed by atoms with E-state index in [1.165, 1.54) is 0 Å². The van der Waals surface area contributed by atoms with Gasteiger partial charge in [0.15, 0.2) is 0 Å². The molecule has 2 aromatic rings. The highest BCUT2D eigenvalue weighted by Gasteiger charge is 2.24. The molecule has 0 heterocycles. The molecule has 1 atom stereocenters. The second-order valence-electron chi connectivity index (χ2n) is 7.85. The van der Waals surface area contributed by atoms with Gasteiger partial charge in [-0.25, -0.2) is 14.4 Å². The summed E-state index contributed by atoms with van der Waals surface area (Å²) in [6.07, 6.45) is 2.09. The third kappa shape index (κ3) is 12.9. The summed E-state index contributed by atoms with van der Waals surface area (Å²) in [6, 6.07) is 16.8. The number of aliphatic carboxylic acids is 2. The van der Waals surface area contributed by atoms with E-state index in [1.807, 2.05) is 42.5 Å². The van der Waals surface area contributed by atoms with Gasteiger partial charge in [0.2, 0.25) is 0 Å². The van der Waals surface area contributed by atoms with Crippen LogP contribution in [0.25, 0.3) is 0 Å². The summed E-state index contributed by atoms with van der Waals surface area (Å²) in [6.45, 7) is 10.00. The summed E-state index contributed by atoms with van der Waals surface area (Å²) in [5.41, 5.74) is 1.52. The minimum atomic E-state index is -1.26. The van der Waals surface area contributed by atoms with E-state index in [1.54, 1.807) is 17.0 Å². The number of halogens is 1. The standard InChI is InChI=1S/C23H32ClN3O2.C4H4O4/c1-4-15-29-18-22(26(5-2)6-3)17-27(21-13-8-7-9-14-21)23(28)25-20-12-10-11-19(24)16-20;5-3(6)1-2-4(7)8/h7-14,16,22H,4-6,15,17-18H2,1-3H3,(H,25,28);1-2H,(H,5,6)(H,7,8)/b;2-1+. The zero-order chi connectivity index (χ0) is 27.6. The van der Waals surface area contributed by atoms with Crippen molar-refractivity contribution in [2.45, 2.75) is 33.2 Å². The highest BCUT2D eigenvalue weighted by molar-refractivity contribution is 6.30. The van der Waals surface area contributed by atoms with Gasteiger partial charge in [0.05, 0.1) is 12.6 Å². The van der Waals surface area contributed by atoms with E-state index in [0.29, 0.717) is 36.0 Å². The number of anilines is 2. The number of hydrogen-bond donors (Lipinski definition) is 3. The van der Waals surface area contributed by atoms with Crippen LogP contribution in [0.5, 0.6) is 0 Å². The highest BCUT2D eigenvalue weighted by atomic mass is 35.5. The van der Waals surface area contributed by atoms with Crippen molar-refractivity contribution in [3.63, 3.8) is 0 Å². The molecule has 0 radical (unpaired) electrons. The maximum Gasteiger partial charge on any atom is 0.328 e. The van der Waals surface area contributed by atoms with Crippen molar-refractivity contribution < 1.29 is 29.3 Å². The van der Waals surface area contributed by atoms with Crippen LogP contribution in [0.4, 0.5) is 16.2 Å². The van der Waals surface area contributed by atoms with Crippen LogP contribution in [0.3, 0.4) is 0 Å². The van der Waals surface area contributed by atoms with Gasteiger partial charge in [0, 0.05) is 41.7 Å². The van der Waals surface area contributed by atoms with Crippen LogP contribution in [0.15, 0.2) is 66.7 Å². The molecule has 3 N–H and O–H groups in total.